The molecule has 0 aliphatic carbocycles. The topological polar surface area (TPSA) is 49.2 Å². The Labute approximate surface area is 113 Å². The summed E-state index contributed by atoms with van der Waals surface area (Å²) >= 11 is 3.42. The molecule has 3 rings (SSSR count). The van der Waals surface area contributed by atoms with E-state index in [0.29, 0.717) is 13.2 Å². The molecule has 96 valence electrons. The third-order valence-electron chi connectivity index (χ3n) is 2.94. The molecule has 18 heavy (non-hydrogen) atoms. The summed E-state index contributed by atoms with van der Waals surface area (Å²) in [6, 6.07) is 6.04. The minimum absolute atomic E-state index is 0.248. The Morgan fingerprint density at radius 1 is 1.33 bits per heavy atom. The number of aromatic nitrogens is 3. The van der Waals surface area contributed by atoms with Crippen molar-refractivity contribution in [3.05, 3.63) is 23.8 Å². The van der Waals surface area contributed by atoms with Gasteiger partial charge in [0.1, 0.15) is 5.52 Å². The number of halogens is 1. The zero-order valence-corrected chi connectivity index (χ0v) is 11.5. The van der Waals surface area contributed by atoms with Crippen molar-refractivity contribution in [2.24, 2.45) is 0 Å². The zero-order valence-electron chi connectivity index (χ0n) is 9.88. The van der Waals surface area contributed by atoms with Crippen LogP contribution in [0.25, 0.3) is 11.0 Å². The third-order valence-corrected chi connectivity index (χ3v) is 3.50. The van der Waals surface area contributed by atoms with Gasteiger partial charge in [0.25, 0.3) is 0 Å². The number of fused-ring (bicyclic) bond motifs is 1. The Morgan fingerprint density at radius 2 is 2.17 bits per heavy atom. The summed E-state index contributed by atoms with van der Waals surface area (Å²) in [5.74, 6) is 0. The minimum Gasteiger partial charge on any atom is -0.346 e. The maximum atomic E-state index is 5.48. The summed E-state index contributed by atoms with van der Waals surface area (Å²) in [4.78, 5) is 0. The Kier molecular flexibility index (Phi) is 3.58. The lowest BCUT2D eigenvalue weighted by molar-refractivity contribution is -0.0440. The molecule has 0 N–H and O–H groups in total. The second-order valence-corrected chi connectivity index (χ2v) is 4.97. The van der Waals surface area contributed by atoms with Crippen molar-refractivity contribution in [2.45, 2.75) is 19.3 Å². The Hall–Kier alpha value is -0.980. The number of aryl methyl sites for hydroxylation is 1. The van der Waals surface area contributed by atoms with Crippen LogP contribution >= 0.6 is 15.9 Å². The summed E-state index contributed by atoms with van der Waals surface area (Å²) in [5, 5.41) is 9.32. The molecule has 1 fully saturated rings. The van der Waals surface area contributed by atoms with E-state index in [2.05, 4.69) is 26.2 Å². The quantitative estimate of drug-likeness (QED) is 0.813. The van der Waals surface area contributed by atoms with Crippen LogP contribution in [0.15, 0.2) is 18.2 Å². The zero-order chi connectivity index (χ0) is 12.4. The minimum atomic E-state index is -0.248. The second-order valence-electron chi connectivity index (χ2n) is 4.18. The highest BCUT2D eigenvalue weighted by atomic mass is 79.9. The van der Waals surface area contributed by atoms with E-state index in [-0.39, 0.29) is 6.29 Å². The predicted molar refractivity (Wildman–Crippen MR) is 70.6 cm³/mol. The highest BCUT2D eigenvalue weighted by Gasteiger charge is 2.19. The van der Waals surface area contributed by atoms with E-state index < -0.39 is 0 Å². The van der Waals surface area contributed by atoms with E-state index in [1.165, 1.54) is 0 Å². The van der Waals surface area contributed by atoms with Crippen molar-refractivity contribution in [1.29, 1.82) is 0 Å². The van der Waals surface area contributed by atoms with Crippen LogP contribution in [0.4, 0.5) is 0 Å². The van der Waals surface area contributed by atoms with Crippen LogP contribution in [-0.4, -0.2) is 33.5 Å². The summed E-state index contributed by atoms with van der Waals surface area (Å²) in [6.07, 6.45) is 0.789. The van der Waals surface area contributed by atoms with Gasteiger partial charge in [-0.25, -0.2) is 4.68 Å². The number of hydrogen-bond donors (Lipinski definition) is 0. The van der Waals surface area contributed by atoms with Crippen LogP contribution in [0.1, 0.15) is 18.3 Å². The first-order valence-electron chi connectivity index (χ1n) is 6.01. The SMILES string of the molecule is BrCCCn1nnc2cc(C3OCCO3)ccc21. The molecule has 1 aliphatic rings. The van der Waals surface area contributed by atoms with E-state index in [1.807, 2.05) is 22.9 Å². The molecular weight excluding hydrogens is 298 g/mol. The van der Waals surface area contributed by atoms with Gasteiger partial charge in [0.05, 0.1) is 18.7 Å². The molecule has 0 atom stereocenters. The fraction of sp³-hybridized carbons (Fsp3) is 0.500. The molecule has 0 bridgehead atoms. The molecular formula is C12H14BrN3O2. The van der Waals surface area contributed by atoms with Crippen molar-refractivity contribution in [2.75, 3.05) is 18.5 Å². The molecule has 2 heterocycles. The van der Waals surface area contributed by atoms with Crippen LogP contribution in [0.5, 0.6) is 0 Å². The summed E-state index contributed by atoms with van der Waals surface area (Å²) in [5.41, 5.74) is 2.95. The Bertz CT molecular complexity index is 537. The van der Waals surface area contributed by atoms with Crippen molar-refractivity contribution in [3.8, 4) is 0 Å². The highest BCUT2D eigenvalue weighted by Crippen LogP contribution is 2.25. The number of ether oxygens (including phenoxy) is 2. The molecule has 5 nitrogen and oxygen atoms in total. The van der Waals surface area contributed by atoms with Gasteiger partial charge in [0.2, 0.25) is 0 Å². The smallest absolute Gasteiger partial charge is 0.184 e. The third kappa shape index (κ3) is 2.28. The average molecular weight is 312 g/mol. The first-order valence-corrected chi connectivity index (χ1v) is 7.13. The van der Waals surface area contributed by atoms with Crippen molar-refractivity contribution in [3.63, 3.8) is 0 Å². The van der Waals surface area contributed by atoms with Crippen LogP contribution in [0.2, 0.25) is 0 Å². The van der Waals surface area contributed by atoms with E-state index in [1.54, 1.807) is 0 Å². The molecule has 0 unspecified atom stereocenters. The molecule has 2 aromatic rings. The van der Waals surface area contributed by atoms with Gasteiger partial charge in [-0.05, 0) is 18.6 Å². The number of rotatable bonds is 4. The molecule has 1 aromatic carbocycles. The van der Waals surface area contributed by atoms with Gasteiger partial charge in [0.15, 0.2) is 6.29 Å². The van der Waals surface area contributed by atoms with Crippen LogP contribution in [-0.2, 0) is 16.0 Å². The second kappa shape index (κ2) is 5.34. The monoisotopic (exact) mass is 311 g/mol. The maximum Gasteiger partial charge on any atom is 0.184 e. The lowest BCUT2D eigenvalue weighted by Gasteiger charge is -2.08. The van der Waals surface area contributed by atoms with E-state index in [0.717, 1.165) is 34.9 Å². The molecule has 0 radical (unpaired) electrons. The van der Waals surface area contributed by atoms with Gasteiger partial charge in [-0.3, -0.25) is 0 Å². The predicted octanol–water partition coefficient (Wildman–Crippen LogP) is 2.26. The summed E-state index contributed by atoms with van der Waals surface area (Å²) in [6.45, 7) is 2.18. The van der Waals surface area contributed by atoms with Crippen molar-refractivity contribution in [1.82, 2.24) is 15.0 Å². The summed E-state index contributed by atoms with van der Waals surface area (Å²) < 4.78 is 12.9. The largest absolute Gasteiger partial charge is 0.346 e. The molecule has 1 aliphatic heterocycles. The van der Waals surface area contributed by atoms with Gasteiger partial charge in [-0.15, -0.1) is 5.10 Å². The summed E-state index contributed by atoms with van der Waals surface area (Å²) in [7, 11) is 0. The maximum absolute atomic E-state index is 5.48. The van der Waals surface area contributed by atoms with E-state index in [9.17, 15) is 0 Å². The standard InChI is InChI=1S/C12H14BrN3O2/c13-4-1-5-16-11-3-2-9(8-10(11)14-15-16)12-17-6-7-18-12/h2-3,8,12H,1,4-7H2. The van der Waals surface area contributed by atoms with Crippen molar-refractivity contribution >= 4 is 27.0 Å². The van der Waals surface area contributed by atoms with Crippen LogP contribution < -0.4 is 0 Å². The van der Waals surface area contributed by atoms with Gasteiger partial charge < -0.3 is 9.47 Å². The fourth-order valence-electron chi connectivity index (χ4n) is 2.06. The number of alkyl halides is 1. The number of nitrogens with zero attached hydrogens (tertiary/aromatic N) is 3. The average Bonchev–Trinajstić information content (AvgIpc) is 3.05. The number of benzene rings is 1. The molecule has 6 heteroatoms. The Balaban J connectivity index is 1.88. The molecule has 0 saturated carbocycles. The van der Waals surface area contributed by atoms with Gasteiger partial charge in [-0.1, -0.05) is 27.2 Å². The number of hydrogen-bond acceptors (Lipinski definition) is 4. The van der Waals surface area contributed by atoms with E-state index in [4.69, 9.17) is 9.47 Å². The molecule has 0 amide bonds. The lowest BCUT2D eigenvalue weighted by atomic mass is 10.2. The first kappa shape index (κ1) is 12.1. The first-order chi connectivity index (χ1) is 8.88. The van der Waals surface area contributed by atoms with E-state index >= 15 is 0 Å². The van der Waals surface area contributed by atoms with Crippen LogP contribution in [0, 0.1) is 0 Å². The van der Waals surface area contributed by atoms with Gasteiger partial charge in [0, 0.05) is 17.4 Å². The lowest BCUT2D eigenvalue weighted by Crippen LogP contribution is -2.01. The Morgan fingerprint density at radius 3 is 2.94 bits per heavy atom. The fourth-order valence-corrected chi connectivity index (χ4v) is 2.31. The van der Waals surface area contributed by atoms with Gasteiger partial charge >= 0.3 is 0 Å². The molecule has 0 spiro atoms. The highest BCUT2D eigenvalue weighted by molar-refractivity contribution is 9.09. The van der Waals surface area contributed by atoms with Gasteiger partial charge in [-0.2, -0.15) is 0 Å². The van der Waals surface area contributed by atoms with Crippen molar-refractivity contribution < 1.29 is 9.47 Å². The molecule has 1 aromatic heterocycles. The molecule has 1 saturated heterocycles. The normalized spacial score (nSPS) is 16.7. The van der Waals surface area contributed by atoms with Crippen LogP contribution in [0.3, 0.4) is 0 Å².